The van der Waals surface area contributed by atoms with Crippen molar-refractivity contribution in [2.24, 2.45) is 0 Å². The summed E-state index contributed by atoms with van der Waals surface area (Å²) in [7, 11) is -3.36. The Hall–Kier alpha value is -2.54. The number of hydrogen-bond acceptors (Lipinski definition) is 5. The molecule has 2 rings (SSSR count). The molecule has 0 atom stereocenters. The smallest absolute Gasteiger partial charge is 0.339 e. The van der Waals surface area contributed by atoms with Crippen molar-refractivity contribution in [3.8, 4) is 11.5 Å². The molecule has 0 unspecified atom stereocenters. The minimum atomic E-state index is -3.36. The molecule has 0 saturated carbocycles. The second-order valence-corrected chi connectivity index (χ2v) is 7.43. The molecule has 0 radical (unpaired) electrons. The second-order valence-electron chi connectivity index (χ2n) is 5.32. The van der Waals surface area contributed by atoms with E-state index in [1.165, 1.54) is 18.2 Å². The van der Waals surface area contributed by atoms with Crippen LogP contribution in [0.3, 0.4) is 0 Å². The maximum Gasteiger partial charge on any atom is 0.339 e. The Morgan fingerprint density at radius 1 is 1.12 bits per heavy atom. The summed E-state index contributed by atoms with van der Waals surface area (Å²) < 4.78 is 29.7. The van der Waals surface area contributed by atoms with E-state index in [1.807, 2.05) is 6.92 Å². The molecule has 2 aromatic carbocycles. The summed E-state index contributed by atoms with van der Waals surface area (Å²) in [6, 6.07) is 10.5. The Kier molecular flexibility index (Phi) is 5.46. The van der Waals surface area contributed by atoms with Crippen LogP contribution in [0.5, 0.6) is 11.5 Å². The maximum atomic E-state index is 12.2. The van der Waals surface area contributed by atoms with Crippen molar-refractivity contribution in [2.75, 3.05) is 12.4 Å². The standard InChI is InChI=1S/C17H18O6S/c1-12-3-6-14(7-4-12)24(21,22)10-2-9-23-13-5-8-15(17(19)20)16(18)11-13/h3-8,11,18H,2,9-10H2,1H3,(H,19,20). The van der Waals surface area contributed by atoms with Crippen molar-refractivity contribution in [3.05, 3.63) is 53.6 Å². The number of hydrogen-bond donors (Lipinski definition) is 2. The highest BCUT2D eigenvalue weighted by Gasteiger charge is 2.14. The first-order chi connectivity index (χ1) is 11.3. The Morgan fingerprint density at radius 3 is 2.38 bits per heavy atom. The van der Waals surface area contributed by atoms with E-state index in [0.717, 1.165) is 5.56 Å². The van der Waals surface area contributed by atoms with Crippen molar-refractivity contribution >= 4 is 15.8 Å². The largest absolute Gasteiger partial charge is 0.507 e. The predicted octanol–water partition coefficient (Wildman–Crippen LogP) is 2.64. The summed E-state index contributed by atoms with van der Waals surface area (Å²) in [5, 5.41) is 18.4. The predicted molar refractivity (Wildman–Crippen MR) is 88.4 cm³/mol. The van der Waals surface area contributed by atoms with Crippen LogP contribution in [0.1, 0.15) is 22.3 Å². The molecule has 24 heavy (non-hydrogen) atoms. The van der Waals surface area contributed by atoms with Crippen molar-refractivity contribution in [1.82, 2.24) is 0 Å². The van der Waals surface area contributed by atoms with Crippen LogP contribution < -0.4 is 4.74 Å². The molecule has 0 aromatic heterocycles. The van der Waals surface area contributed by atoms with Crippen LogP contribution in [0.2, 0.25) is 0 Å². The summed E-state index contributed by atoms with van der Waals surface area (Å²) in [5.41, 5.74) is 0.770. The summed E-state index contributed by atoms with van der Waals surface area (Å²) >= 11 is 0. The van der Waals surface area contributed by atoms with Crippen molar-refractivity contribution < 1.29 is 28.2 Å². The first-order valence-electron chi connectivity index (χ1n) is 7.28. The number of carboxylic acid groups (broad SMARTS) is 1. The summed E-state index contributed by atoms with van der Waals surface area (Å²) in [4.78, 5) is 11.1. The van der Waals surface area contributed by atoms with Gasteiger partial charge in [-0.2, -0.15) is 0 Å². The molecular weight excluding hydrogens is 332 g/mol. The van der Waals surface area contributed by atoms with Crippen LogP contribution >= 0.6 is 0 Å². The third-order valence-electron chi connectivity index (χ3n) is 3.41. The first-order valence-corrected chi connectivity index (χ1v) is 8.93. The lowest BCUT2D eigenvalue weighted by atomic mass is 10.2. The lowest BCUT2D eigenvalue weighted by molar-refractivity contribution is 0.0693. The monoisotopic (exact) mass is 350 g/mol. The number of ether oxygens (including phenoxy) is 1. The van der Waals surface area contributed by atoms with Crippen LogP contribution in [0.15, 0.2) is 47.4 Å². The molecule has 0 bridgehead atoms. The molecule has 0 saturated heterocycles. The van der Waals surface area contributed by atoms with Gasteiger partial charge in [0.25, 0.3) is 0 Å². The summed E-state index contributed by atoms with van der Waals surface area (Å²) in [5.74, 6) is -1.41. The number of aromatic hydroxyl groups is 1. The van der Waals surface area contributed by atoms with Crippen molar-refractivity contribution in [3.63, 3.8) is 0 Å². The molecule has 0 fully saturated rings. The first kappa shape index (κ1) is 17.8. The van der Waals surface area contributed by atoms with Gasteiger partial charge in [-0.25, -0.2) is 13.2 Å². The highest BCUT2D eigenvalue weighted by Crippen LogP contribution is 2.23. The Morgan fingerprint density at radius 2 is 1.79 bits per heavy atom. The number of carboxylic acids is 1. The molecule has 128 valence electrons. The van der Waals surface area contributed by atoms with Gasteiger partial charge in [0.2, 0.25) is 0 Å². The number of phenols is 1. The topological polar surface area (TPSA) is 101 Å². The lowest BCUT2D eigenvalue weighted by Crippen LogP contribution is -2.10. The Bertz CT molecular complexity index is 825. The number of benzene rings is 2. The molecule has 0 heterocycles. The number of rotatable bonds is 7. The van der Waals surface area contributed by atoms with E-state index in [0.29, 0.717) is 0 Å². The maximum absolute atomic E-state index is 12.2. The zero-order valence-electron chi connectivity index (χ0n) is 13.1. The molecule has 2 N–H and O–H groups in total. The summed E-state index contributed by atoms with van der Waals surface area (Å²) in [6.45, 7) is 2.02. The third kappa shape index (κ3) is 4.48. The van der Waals surface area contributed by atoms with Crippen LogP contribution in [-0.4, -0.2) is 37.0 Å². The molecule has 6 nitrogen and oxygen atoms in total. The van der Waals surface area contributed by atoms with E-state index >= 15 is 0 Å². The number of aromatic carboxylic acids is 1. The van der Waals surface area contributed by atoms with Gasteiger partial charge in [0.15, 0.2) is 9.84 Å². The highest BCUT2D eigenvalue weighted by atomic mass is 32.2. The van der Waals surface area contributed by atoms with Gasteiger partial charge in [-0.3, -0.25) is 0 Å². The molecule has 0 aliphatic carbocycles. The average Bonchev–Trinajstić information content (AvgIpc) is 2.52. The van der Waals surface area contributed by atoms with Gasteiger partial charge >= 0.3 is 5.97 Å². The molecule has 0 aliphatic heterocycles. The van der Waals surface area contributed by atoms with E-state index in [2.05, 4.69) is 0 Å². The highest BCUT2D eigenvalue weighted by molar-refractivity contribution is 7.91. The minimum absolute atomic E-state index is 0.0603. The fraction of sp³-hybridized carbons (Fsp3) is 0.235. The van der Waals surface area contributed by atoms with Crippen LogP contribution in [-0.2, 0) is 9.84 Å². The van der Waals surface area contributed by atoms with E-state index < -0.39 is 21.6 Å². The van der Waals surface area contributed by atoms with E-state index in [-0.39, 0.29) is 35.0 Å². The van der Waals surface area contributed by atoms with Crippen LogP contribution in [0, 0.1) is 6.92 Å². The lowest BCUT2D eigenvalue weighted by Gasteiger charge is -2.08. The zero-order chi connectivity index (χ0) is 17.7. The number of sulfone groups is 1. The fourth-order valence-electron chi connectivity index (χ4n) is 2.08. The Labute approximate surface area is 140 Å². The summed E-state index contributed by atoms with van der Waals surface area (Å²) in [6.07, 6.45) is 0.275. The average molecular weight is 350 g/mol. The van der Waals surface area contributed by atoms with Crippen LogP contribution in [0.25, 0.3) is 0 Å². The molecule has 0 amide bonds. The molecular formula is C17H18O6S. The fourth-order valence-corrected chi connectivity index (χ4v) is 3.37. The van der Waals surface area contributed by atoms with Gasteiger partial charge in [0.1, 0.15) is 17.1 Å². The Balaban J connectivity index is 1.89. The SMILES string of the molecule is Cc1ccc(S(=O)(=O)CCCOc2ccc(C(=O)O)c(O)c2)cc1. The number of aryl methyl sites for hydroxylation is 1. The normalized spacial score (nSPS) is 11.2. The minimum Gasteiger partial charge on any atom is -0.507 e. The van der Waals surface area contributed by atoms with Gasteiger partial charge in [0, 0.05) is 6.07 Å². The molecule has 0 spiro atoms. The van der Waals surface area contributed by atoms with Crippen molar-refractivity contribution in [2.45, 2.75) is 18.2 Å². The zero-order valence-corrected chi connectivity index (χ0v) is 13.9. The van der Waals surface area contributed by atoms with Gasteiger partial charge < -0.3 is 14.9 Å². The van der Waals surface area contributed by atoms with Crippen molar-refractivity contribution in [1.29, 1.82) is 0 Å². The van der Waals surface area contributed by atoms with E-state index in [1.54, 1.807) is 24.3 Å². The molecule has 2 aromatic rings. The number of carbonyl (C=O) groups is 1. The van der Waals surface area contributed by atoms with Gasteiger partial charge in [-0.05, 0) is 37.6 Å². The second kappa shape index (κ2) is 7.35. The van der Waals surface area contributed by atoms with Gasteiger partial charge in [0.05, 0.1) is 17.3 Å². The van der Waals surface area contributed by atoms with Gasteiger partial charge in [-0.1, -0.05) is 17.7 Å². The van der Waals surface area contributed by atoms with E-state index in [4.69, 9.17) is 9.84 Å². The van der Waals surface area contributed by atoms with E-state index in [9.17, 15) is 18.3 Å². The van der Waals surface area contributed by atoms with Crippen LogP contribution in [0.4, 0.5) is 0 Å². The third-order valence-corrected chi connectivity index (χ3v) is 5.22. The molecule has 0 aliphatic rings. The molecule has 7 heteroatoms. The van der Waals surface area contributed by atoms with Gasteiger partial charge in [-0.15, -0.1) is 0 Å². The quantitative estimate of drug-likeness (QED) is 0.745.